The van der Waals surface area contributed by atoms with Crippen molar-refractivity contribution in [3.8, 4) is 0 Å². The summed E-state index contributed by atoms with van der Waals surface area (Å²) >= 11 is 0. The molecule has 0 saturated heterocycles. The van der Waals surface area contributed by atoms with Crippen LogP contribution in [0.2, 0.25) is 0 Å². The average Bonchev–Trinajstić information content (AvgIpc) is 2.49. The molecule has 120 valence electrons. The number of hydrogen-bond acceptors (Lipinski definition) is 4. The van der Waals surface area contributed by atoms with Crippen LogP contribution in [-0.2, 0) is 14.3 Å². The SMILES string of the molecule is COC(=O)CC[C@H](NC(=O)NCC1CCCCC1)C(=O)O. The zero-order chi connectivity index (χ0) is 15.7. The van der Waals surface area contributed by atoms with Crippen molar-refractivity contribution >= 4 is 18.0 Å². The van der Waals surface area contributed by atoms with Crippen LogP contribution in [0.1, 0.15) is 44.9 Å². The lowest BCUT2D eigenvalue weighted by Crippen LogP contribution is -2.47. The number of aliphatic carboxylic acids is 1. The van der Waals surface area contributed by atoms with Gasteiger partial charge in [-0.1, -0.05) is 19.3 Å². The fourth-order valence-corrected chi connectivity index (χ4v) is 2.46. The maximum Gasteiger partial charge on any atom is 0.326 e. The molecule has 0 unspecified atom stereocenters. The highest BCUT2D eigenvalue weighted by Crippen LogP contribution is 2.22. The van der Waals surface area contributed by atoms with Crippen LogP contribution < -0.4 is 10.6 Å². The molecule has 3 N–H and O–H groups in total. The normalized spacial score (nSPS) is 16.8. The Hall–Kier alpha value is -1.79. The Morgan fingerprint density at radius 3 is 2.48 bits per heavy atom. The number of carboxylic acid groups (broad SMARTS) is 1. The summed E-state index contributed by atoms with van der Waals surface area (Å²) in [5.74, 6) is -1.18. The van der Waals surface area contributed by atoms with Gasteiger partial charge < -0.3 is 20.5 Å². The van der Waals surface area contributed by atoms with Gasteiger partial charge in [0.1, 0.15) is 6.04 Å². The van der Waals surface area contributed by atoms with Crippen molar-refractivity contribution in [2.24, 2.45) is 5.92 Å². The lowest BCUT2D eigenvalue weighted by molar-refractivity contribution is -0.142. The smallest absolute Gasteiger partial charge is 0.326 e. The average molecular weight is 300 g/mol. The summed E-state index contributed by atoms with van der Waals surface area (Å²) in [5, 5.41) is 14.1. The van der Waals surface area contributed by atoms with Crippen molar-refractivity contribution in [3.05, 3.63) is 0 Å². The summed E-state index contributed by atoms with van der Waals surface area (Å²) in [7, 11) is 1.24. The summed E-state index contributed by atoms with van der Waals surface area (Å²) in [6.45, 7) is 0.565. The molecule has 0 spiro atoms. The Balaban J connectivity index is 2.30. The molecule has 2 amide bonds. The van der Waals surface area contributed by atoms with Gasteiger partial charge >= 0.3 is 18.0 Å². The van der Waals surface area contributed by atoms with Gasteiger partial charge in [-0.15, -0.1) is 0 Å². The Labute approximate surface area is 124 Å². The van der Waals surface area contributed by atoms with E-state index in [0.717, 1.165) is 12.8 Å². The highest BCUT2D eigenvalue weighted by molar-refractivity contribution is 5.83. The predicted octanol–water partition coefficient (Wildman–Crippen LogP) is 1.27. The first-order valence-corrected chi connectivity index (χ1v) is 7.37. The number of carbonyl (C=O) groups is 3. The monoisotopic (exact) mass is 300 g/mol. The number of ether oxygens (including phenoxy) is 1. The van der Waals surface area contributed by atoms with E-state index >= 15 is 0 Å². The lowest BCUT2D eigenvalue weighted by atomic mass is 9.89. The highest BCUT2D eigenvalue weighted by atomic mass is 16.5. The Morgan fingerprint density at radius 2 is 1.90 bits per heavy atom. The minimum Gasteiger partial charge on any atom is -0.480 e. The van der Waals surface area contributed by atoms with E-state index in [2.05, 4.69) is 15.4 Å². The molecule has 21 heavy (non-hydrogen) atoms. The summed E-state index contributed by atoms with van der Waals surface area (Å²) in [6, 6.07) is -1.59. The first kappa shape index (κ1) is 17.3. The van der Waals surface area contributed by atoms with Crippen LogP contribution in [0, 0.1) is 5.92 Å². The highest BCUT2D eigenvalue weighted by Gasteiger charge is 2.22. The maximum atomic E-state index is 11.7. The molecule has 0 radical (unpaired) electrons. The van der Waals surface area contributed by atoms with E-state index in [0.29, 0.717) is 12.5 Å². The van der Waals surface area contributed by atoms with E-state index in [1.165, 1.54) is 26.4 Å². The van der Waals surface area contributed by atoms with Gasteiger partial charge in [-0.2, -0.15) is 0 Å². The van der Waals surface area contributed by atoms with Gasteiger partial charge in [0, 0.05) is 13.0 Å². The zero-order valence-electron chi connectivity index (χ0n) is 12.4. The quantitative estimate of drug-likeness (QED) is 0.614. The van der Waals surface area contributed by atoms with Gasteiger partial charge in [0.05, 0.1) is 7.11 Å². The van der Waals surface area contributed by atoms with Crippen molar-refractivity contribution in [1.82, 2.24) is 10.6 Å². The minimum absolute atomic E-state index is 0.0128. The number of nitrogens with one attached hydrogen (secondary N) is 2. The molecule has 0 aromatic heterocycles. The lowest BCUT2D eigenvalue weighted by Gasteiger charge is -2.22. The number of carboxylic acids is 1. The molecule has 0 bridgehead atoms. The fraction of sp³-hybridized carbons (Fsp3) is 0.786. The van der Waals surface area contributed by atoms with Crippen molar-refractivity contribution in [2.45, 2.75) is 51.0 Å². The van der Waals surface area contributed by atoms with Crippen LogP contribution in [0.5, 0.6) is 0 Å². The molecule has 7 nitrogen and oxygen atoms in total. The zero-order valence-corrected chi connectivity index (χ0v) is 12.4. The van der Waals surface area contributed by atoms with Crippen LogP contribution in [0.3, 0.4) is 0 Å². The molecule has 1 atom stereocenters. The largest absolute Gasteiger partial charge is 0.480 e. The van der Waals surface area contributed by atoms with Gasteiger partial charge in [0.25, 0.3) is 0 Å². The standard InChI is InChI=1S/C14H24N2O5/c1-21-12(17)8-7-11(13(18)19)16-14(20)15-9-10-5-3-2-4-6-10/h10-11H,2-9H2,1H3,(H,18,19)(H2,15,16,20)/t11-/m0/s1. The van der Waals surface area contributed by atoms with Crippen molar-refractivity contribution in [2.75, 3.05) is 13.7 Å². The first-order valence-electron chi connectivity index (χ1n) is 7.37. The third kappa shape index (κ3) is 6.97. The number of amides is 2. The summed E-state index contributed by atoms with van der Waals surface area (Å²) < 4.78 is 4.45. The molecule has 0 heterocycles. The van der Waals surface area contributed by atoms with E-state index < -0.39 is 24.0 Å². The Morgan fingerprint density at radius 1 is 1.24 bits per heavy atom. The van der Waals surface area contributed by atoms with Crippen LogP contribution in [0.25, 0.3) is 0 Å². The first-order chi connectivity index (χ1) is 10.0. The number of rotatable bonds is 7. The molecule has 0 aliphatic heterocycles. The van der Waals surface area contributed by atoms with Crippen molar-refractivity contribution in [1.29, 1.82) is 0 Å². The molecule has 7 heteroatoms. The minimum atomic E-state index is -1.16. The van der Waals surface area contributed by atoms with E-state index in [1.54, 1.807) is 0 Å². The van der Waals surface area contributed by atoms with Gasteiger partial charge in [-0.3, -0.25) is 4.79 Å². The van der Waals surface area contributed by atoms with Crippen LogP contribution in [0.4, 0.5) is 4.79 Å². The second-order valence-electron chi connectivity index (χ2n) is 5.36. The molecular formula is C14H24N2O5. The van der Waals surface area contributed by atoms with E-state index in [1.807, 2.05) is 0 Å². The third-order valence-electron chi connectivity index (χ3n) is 3.74. The molecule has 0 aromatic rings. The number of urea groups is 1. The second kappa shape index (κ2) is 9.20. The summed E-state index contributed by atoms with van der Waals surface area (Å²) in [5.41, 5.74) is 0. The molecule has 1 aliphatic rings. The van der Waals surface area contributed by atoms with Crippen LogP contribution >= 0.6 is 0 Å². The van der Waals surface area contributed by atoms with Crippen molar-refractivity contribution in [3.63, 3.8) is 0 Å². The number of hydrogen-bond donors (Lipinski definition) is 3. The molecule has 0 aromatic carbocycles. The number of methoxy groups -OCH3 is 1. The number of carbonyl (C=O) groups excluding carboxylic acids is 2. The van der Waals surface area contributed by atoms with Gasteiger partial charge in [-0.05, 0) is 25.2 Å². The summed E-state index contributed by atoms with van der Waals surface area (Å²) in [6.07, 6.45) is 5.79. The maximum absolute atomic E-state index is 11.7. The molecule has 1 rings (SSSR count). The van der Waals surface area contributed by atoms with Crippen LogP contribution in [-0.4, -0.2) is 42.8 Å². The van der Waals surface area contributed by atoms with E-state index in [9.17, 15) is 14.4 Å². The number of esters is 1. The van der Waals surface area contributed by atoms with Gasteiger partial charge in [0.2, 0.25) is 0 Å². The van der Waals surface area contributed by atoms with Gasteiger partial charge in [0.15, 0.2) is 0 Å². The van der Waals surface area contributed by atoms with Gasteiger partial charge in [-0.25, -0.2) is 9.59 Å². The van der Waals surface area contributed by atoms with Crippen LogP contribution in [0.15, 0.2) is 0 Å². The van der Waals surface area contributed by atoms with E-state index in [4.69, 9.17) is 5.11 Å². The molecule has 1 aliphatic carbocycles. The predicted molar refractivity (Wildman–Crippen MR) is 75.8 cm³/mol. The van der Waals surface area contributed by atoms with E-state index in [-0.39, 0.29) is 12.8 Å². The topological polar surface area (TPSA) is 105 Å². The summed E-state index contributed by atoms with van der Waals surface area (Å²) in [4.78, 5) is 33.8. The Kier molecular flexibility index (Phi) is 7.56. The van der Waals surface area contributed by atoms with Crippen molar-refractivity contribution < 1.29 is 24.2 Å². The second-order valence-corrected chi connectivity index (χ2v) is 5.36. The third-order valence-corrected chi connectivity index (χ3v) is 3.74. The fourth-order valence-electron chi connectivity index (χ4n) is 2.46. The molecular weight excluding hydrogens is 276 g/mol. The Bertz CT molecular complexity index is 366. The molecule has 1 fully saturated rings. The molecule has 1 saturated carbocycles.